The van der Waals surface area contributed by atoms with Gasteiger partial charge in [-0.2, -0.15) is 5.26 Å². The molecule has 1 aliphatic carbocycles. The summed E-state index contributed by atoms with van der Waals surface area (Å²) < 4.78 is 26.8. The molecule has 0 saturated heterocycles. The summed E-state index contributed by atoms with van der Waals surface area (Å²) in [7, 11) is -3.43. The second-order valence-corrected chi connectivity index (χ2v) is 7.56. The molecule has 0 unspecified atom stereocenters. The number of rotatable bonds is 6. The van der Waals surface area contributed by atoms with Crippen molar-refractivity contribution in [1.29, 1.82) is 5.26 Å². The van der Waals surface area contributed by atoms with E-state index in [1.807, 2.05) is 6.07 Å². The van der Waals surface area contributed by atoms with Crippen molar-refractivity contribution >= 4 is 10.0 Å². The number of aliphatic hydroxyl groups excluding tert-OH is 1. The number of hydrogen-bond donors (Lipinski definition) is 2. The van der Waals surface area contributed by atoms with E-state index in [-0.39, 0.29) is 17.8 Å². The van der Waals surface area contributed by atoms with Crippen LogP contribution in [0.5, 0.6) is 0 Å². The second-order valence-electron chi connectivity index (χ2n) is 5.75. The van der Waals surface area contributed by atoms with Crippen molar-refractivity contribution in [2.75, 3.05) is 13.2 Å². The summed E-state index contributed by atoms with van der Waals surface area (Å²) in [5.41, 5.74) is 0.859. The Morgan fingerprint density at radius 2 is 1.86 bits per heavy atom. The molecule has 2 N–H and O–H groups in total. The predicted octanol–water partition coefficient (Wildman–Crippen LogP) is 1.53. The number of nitrogens with one attached hydrogen (secondary N) is 1. The van der Waals surface area contributed by atoms with E-state index in [4.69, 9.17) is 5.26 Å². The molecule has 1 aromatic carbocycles. The Kier molecular flexibility index (Phi) is 4.99. The van der Waals surface area contributed by atoms with E-state index in [0.29, 0.717) is 17.7 Å². The highest BCUT2D eigenvalue weighted by atomic mass is 32.2. The molecule has 5 nitrogen and oxygen atoms in total. The van der Waals surface area contributed by atoms with Crippen molar-refractivity contribution in [3.63, 3.8) is 0 Å². The monoisotopic (exact) mass is 308 g/mol. The van der Waals surface area contributed by atoms with Gasteiger partial charge in [0, 0.05) is 18.6 Å². The molecule has 0 aliphatic heterocycles. The first-order chi connectivity index (χ1) is 9.99. The van der Waals surface area contributed by atoms with E-state index in [2.05, 4.69) is 4.72 Å². The highest BCUT2D eigenvalue weighted by Gasteiger charge is 2.34. The quantitative estimate of drug-likeness (QED) is 0.834. The fourth-order valence-corrected chi connectivity index (χ4v) is 3.98. The van der Waals surface area contributed by atoms with Gasteiger partial charge in [-0.15, -0.1) is 0 Å². The molecule has 0 atom stereocenters. The van der Waals surface area contributed by atoms with Crippen LogP contribution < -0.4 is 4.72 Å². The van der Waals surface area contributed by atoms with Gasteiger partial charge in [-0.1, -0.05) is 25.0 Å². The van der Waals surface area contributed by atoms with Crippen molar-refractivity contribution in [2.24, 2.45) is 5.41 Å². The normalized spacial score (nSPS) is 17.5. The van der Waals surface area contributed by atoms with Gasteiger partial charge in [0.15, 0.2) is 0 Å². The minimum Gasteiger partial charge on any atom is -0.396 e. The van der Waals surface area contributed by atoms with E-state index in [0.717, 1.165) is 25.7 Å². The van der Waals surface area contributed by atoms with E-state index in [1.165, 1.54) is 0 Å². The molecular formula is C15H20N2O3S. The number of nitrogens with zero attached hydrogens (tertiary/aromatic N) is 1. The molecule has 2 rings (SSSR count). The lowest BCUT2D eigenvalue weighted by molar-refractivity contribution is 0.134. The molecule has 6 heteroatoms. The van der Waals surface area contributed by atoms with Gasteiger partial charge in [-0.3, -0.25) is 0 Å². The standard InChI is InChI=1S/C15H20N2O3S/c16-9-13-3-5-14(6-4-13)10-21(19,20)17-11-15(12-18)7-1-2-8-15/h3-6,17-18H,1-2,7-8,10-12H2. The summed E-state index contributed by atoms with van der Waals surface area (Å²) in [5.74, 6) is -0.111. The maximum absolute atomic E-state index is 12.1. The van der Waals surface area contributed by atoms with Crippen molar-refractivity contribution in [1.82, 2.24) is 4.72 Å². The predicted molar refractivity (Wildman–Crippen MR) is 79.8 cm³/mol. The Morgan fingerprint density at radius 1 is 1.24 bits per heavy atom. The third kappa shape index (κ3) is 4.27. The molecular weight excluding hydrogens is 288 g/mol. The van der Waals surface area contributed by atoms with Crippen LogP contribution in [0.1, 0.15) is 36.8 Å². The zero-order valence-corrected chi connectivity index (χ0v) is 12.7. The lowest BCUT2D eigenvalue weighted by Gasteiger charge is -2.26. The van der Waals surface area contributed by atoms with Crippen molar-refractivity contribution in [3.05, 3.63) is 35.4 Å². The lowest BCUT2D eigenvalue weighted by atomic mass is 9.88. The second kappa shape index (κ2) is 6.56. The van der Waals surface area contributed by atoms with Gasteiger partial charge in [0.05, 0.1) is 17.4 Å². The molecule has 1 saturated carbocycles. The smallest absolute Gasteiger partial charge is 0.215 e. The van der Waals surface area contributed by atoms with Crippen LogP contribution in [0.25, 0.3) is 0 Å². The summed E-state index contributed by atoms with van der Waals surface area (Å²) in [5, 5.41) is 18.2. The van der Waals surface area contributed by atoms with Gasteiger partial charge < -0.3 is 5.11 Å². The van der Waals surface area contributed by atoms with Crippen LogP contribution in [0.15, 0.2) is 24.3 Å². The molecule has 0 heterocycles. The number of benzene rings is 1. The molecule has 0 spiro atoms. The van der Waals surface area contributed by atoms with E-state index < -0.39 is 10.0 Å². The topological polar surface area (TPSA) is 90.2 Å². The highest BCUT2D eigenvalue weighted by Crippen LogP contribution is 2.37. The fraction of sp³-hybridized carbons (Fsp3) is 0.533. The zero-order chi connectivity index (χ0) is 15.3. The van der Waals surface area contributed by atoms with Crippen LogP contribution in [0.4, 0.5) is 0 Å². The Labute approximate surface area is 125 Å². The largest absolute Gasteiger partial charge is 0.396 e. The molecule has 1 fully saturated rings. The minimum absolute atomic E-state index is 0.0202. The van der Waals surface area contributed by atoms with Gasteiger partial charge in [0.2, 0.25) is 10.0 Å². The highest BCUT2D eigenvalue weighted by molar-refractivity contribution is 7.88. The molecule has 0 aromatic heterocycles. The molecule has 0 amide bonds. The Balaban J connectivity index is 1.96. The molecule has 21 heavy (non-hydrogen) atoms. The lowest BCUT2D eigenvalue weighted by Crippen LogP contribution is -2.38. The van der Waals surface area contributed by atoms with Crippen molar-refractivity contribution in [2.45, 2.75) is 31.4 Å². The number of sulfonamides is 1. The van der Waals surface area contributed by atoms with Crippen molar-refractivity contribution in [3.8, 4) is 6.07 Å². The first-order valence-electron chi connectivity index (χ1n) is 7.06. The number of nitriles is 1. The van der Waals surface area contributed by atoms with Crippen LogP contribution >= 0.6 is 0 Å². The zero-order valence-electron chi connectivity index (χ0n) is 11.9. The molecule has 1 aliphatic rings. The summed E-state index contributed by atoms with van der Waals surface area (Å²) in [6.45, 7) is 0.314. The van der Waals surface area contributed by atoms with Gasteiger partial charge in [0.1, 0.15) is 0 Å². The Hall–Kier alpha value is -1.42. The Morgan fingerprint density at radius 3 is 2.38 bits per heavy atom. The average Bonchev–Trinajstić information content (AvgIpc) is 2.95. The third-order valence-corrected chi connectivity index (χ3v) is 5.40. The molecule has 1 aromatic rings. The van der Waals surface area contributed by atoms with Gasteiger partial charge in [-0.25, -0.2) is 13.1 Å². The van der Waals surface area contributed by atoms with Crippen LogP contribution in [-0.4, -0.2) is 26.7 Å². The van der Waals surface area contributed by atoms with E-state index >= 15 is 0 Å². The van der Waals surface area contributed by atoms with Crippen molar-refractivity contribution < 1.29 is 13.5 Å². The molecule has 0 radical (unpaired) electrons. The number of hydrogen-bond acceptors (Lipinski definition) is 4. The maximum atomic E-state index is 12.1. The molecule has 114 valence electrons. The number of aliphatic hydroxyl groups is 1. The van der Waals surface area contributed by atoms with Crippen LogP contribution in [0.3, 0.4) is 0 Å². The average molecular weight is 308 g/mol. The summed E-state index contributed by atoms with van der Waals surface area (Å²) in [6, 6.07) is 8.51. The third-order valence-electron chi connectivity index (χ3n) is 4.11. The minimum atomic E-state index is -3.43. The Bertz CT molecular complexity index is 611. The first kappa shape index (κ1) is 16.0. The van der Waals surface area contributed by atoms with Crippen LogP contribution in [0.2, 0.25) is 0 Å². The first-order valence-corrected chi connectivity index (χ1v) is 8.71. The summed E-state index contributed by atoms with van der Waals surface area (Å²) in [4.78, 5) is 0. The van der Waals surface area contributed by atoms with Gasteiger partial charge >= 0.3 is 0 Å². The van der Waals surface area contributed by atoms with Crippen LogP contribution in [0, 0.1) is 16.7 Å². The summed E-state index contributed by atoms with van der Waals surface area (Å²) >= 11 is 0. The van der Waals surface area contributed by atoms with Gasteiger partial charge in [-0.05, 0) is 30.5 Å². The van der Waals surface area contributed by atoms with E-state index in [1.54, 1.807) is 24.3 Å². The molecule has 0 bridgehead atoms. The van der Waals surface area contributed by atoms with Gasteiger partial charge in [0.25, 0.3) is 0 Å². The van der Waals surface area contributed by atoms with Crippen LogP contribution in [-0.2, 0) is 15.8 Å². The summed E-state index contributed by atoms with van der Waals surface area (Å²) in [6.07, 6.45) is 3.81. The van der Waals surface area contributed by atoms with E-state index in [9.17, 15) is 13.5 Å². The SMILES string of the molecule is N#Cc1ccc(CS(=O)(=O)NCC2(CO)CCCC2)cc1. The fourth-order valence-electron chi connectivity index (χ4n) is 2.72. The maximum Gasteiger partial charge on any atom is 0.215 e.